The minimum Gasteiger partial charge on any atom is -0.465 e. The van der Waals surface area contributed by atoms with Crippen LogP contribution in [0.15, 0.2) is 72.8 Å². The number of para-hydroxylation sites is 1. The van der Waals surface area contributed by atoms with Crippen molar-refractivity contribution >= 4 is 29.5 Å². The third-order valence-corrected chi connectivity index (χ3v) is 6.97. The van der Waals surface area contributed by atoms with Gasteiger partial charge >= 0.3 is 12.0 Å². The molecule has 0 bridgehead atoms. The number of nitrogens with one attached hydrogen (secondary N) is 3. The Morgan fingerprint density at radius 3 is 2.41 bits per heavy atom. The summed E-state index contributed by atoms with van der Waals surface area (Å²) in [5.41, 5.74) is 5.74. The number of hydrogen-bond donors (Lipinski definition) is 3. The van der Waals surface area contributed by atoms with E-state index in [4.69, 9.17) is 4.74 Å². The van der Waals surface area contributed by atoms with Crippen LogP contribution in [-0.4, -0.2) is 43.0 Å². The SMILES string of the molecule is CCOC(=O)CNC(=O)NCc1ccccc1-c1ccc(CN2C(=O)[C@H](NC(=O)CC)CCc3ccccc32)cc1. The van der Waals surface area contributed by atoms with E-state index in [9.17, 15) is 19.2 Å². The molecule has 3 aromatic carbocycles. The fraction of sp³-hybridized carbons (Fsp3) is 0.312. The highest BCUT2D eigenvalue weighted by atomic mass is 16.5. The molecule has 3 N–H and O–H groups in total. The molecule has 1 heterocycles. The number of anilines is 1. The topological polar surface area (TPSA) is 117 Å². The first kappa shape index (κ1) is 29.3. The first-order chi connectivity index (χ1) is 19.9. The van der Waals surface area contributed by atoms with Gasteiger partial charge in [0.2, 0.25) is 11.8 Å². The van der Waals surface area contributed by atoms with Crippen LogP contribution in [0.1, 0.15) is 43.4 Å². The summed E-state index contributed by atoms with van der Waals surface area (Å²) in [4.78, 5) is 51.1. The minimum absolute atomic E-state index is 0.113. The molecule has 4 rings (SSSR count). The number of carbonyl (C=O) groups excluding carboxylic acids is 4. The Bertz CT molecular complexity index is 1390. The number of urea groups is 1. The van der Waals surface area contributed by atoms with Crippen molar-refractivity contribution in [2.75, 3.05) is 18.1 Å². The summed E-state index contributed by atoms with van der Waals surface area (Å²) in [6.07, 6.45) is 1.59. The van der Waals surface area contributed by atoms with Crippen LogP contribution in [0.5, 0.6) is 0 Å². The second-order valence-corrected chi connectivity index (χ2v) is 9.76. The Kier molecular flexibility index (Phi) is 10.1. The summed E-state index contributed by atoms with van der Waals surface area (Å²) in [6, 6.07) is 22.6. The van der Waals surface area contributed by atoms with E-state index >= 15 is 0 Å². The van der Waals surface area contributed by atoms with Crippen molar-refractivity contribution in [3.05, 3.63) is 89.5 Å². The maximum Gasteiger partial charge on any atom is 0.325 e. The molecule has 1 aliphatic rings. The fourth-order valence-corrected chi connectivity index (χ4v) is 4.84. The number of nitrogens with zero attached hydrogens (tertiary/aromatic N) is 1. The van der Waals surface area contributed by atoms with Gasteiger partial charge in [-0.2, -0.15) is 0 Å². The van der Waals surface area contributed by atoms with Gasteiger partial charge < -0.3 is 25.6 Å². The monoisotopic (exact) mass is 556 g/mol. The van der Waals surface area contributed by atoms with Gasteiger partial charge in [-0.15, -0.1) is 0 Å². The van der Waals surface area contributed by atoms with Crippen LogP contribution in [0.25, 0.3) is 11.1 Å². The second-order valence-electron chi connectivity index (χ2n) is 9.76. The van der Waals surface area contributed by atoms with E-state index in [1.165, 1.54) is 0 Å². The van der Waals surface area contributed by atoms with Gasteiger partial charge in [-0.3, -0.25) is 14.4 Å². The molecule has 3 aromatic rings. The molecule has 0 saturated carbocycles. The van der Waals surface area contributed by atoms with E-state index in [-0.39, 0.29) is 31.5 Å². The van der Waals surface area contributed by atoms with Gasteiger partial charge in [-0.1, -0.05) is 73.7 Å². The van der Waals surface area contributed by atoms with Gasteiger partial charge in [-0.25, -0.2) is 4.79 Å². The first-order valence-corrected chi connectivity index (χ1v) is 13.9. The van der Waals surface area contributed by atoms with Crippen LogP contribution in [0.4, 0.5) is 10.5 Å². The molecule has 214 valence electrons. The van der Waals surface area contributed by atoms with Crippen LogP contribution in [-0.2, 0) is 38.6 Å². The smallest absolute Gasteiger partial charge is 0.325 e. The molecule has 0 aromatic heterocycles. The molecule has 4 amide bonds. The summed E-state index contributed by atoms with van der Waals surface area (Å²) in [7, 11) is 0. The summed E-state index contributed by atoms with van der Waals surface area (Å²) in [5, 5.41) is 8.17. The number of amides is 4. The summed E-state index contributed by atoms with van der Waals surface area (Å²) in [6.45, 7) is 4.19. The highest BCUT2D eigenvalue weighted by Gasteiger charge is 2.31. The van der Waals surface area contributed by atoms with Crippen LogP contribution >= 0.6 is 0 Å². The minimum atomic E-state index is -0.567. The lowest BCUT2D eigenvalue weighted by atomic mass is 9.98. The summed E-state index contributed by atoms with van der Waals surface area (Å²) >= 11 is 0. The first-order valence-electron chi connectivity index (χ1n) is 13.9. The van der Waals surface area contributed by atoms with Gasteiger partial charge in [0.15, 0.2) is 0 Å². The number of ether oxygens (including phenoxy) is 1. The zero-order valence-corrected chi connectivity index (χ0v) is 23.4. The maximum absolute atomic E-state index is 13.6. The lowest BCUT2D eigenvalue weighted by Gasteiger charge is -2.26. The van der Waals surface area contributed by atoms with Crippen molar-refractivity contribution in [1.82, 2.24) is 16.0 Å². The molecule has 0 unspecified atom stereocenters. The normalized spacial score (nSPS) is 14.4. The lowest BCUT2D eigenvalue weighted by molar-refractivity contribution is -0.141. The molecular weight excluding hydrogens is 520 g/mol. The summed E-state index contributed by atoms with van der Waals surface area (Å²) in [5.74, 6) is -0.739. The van der Waals surface area contributed by atoms with E-state index in [2.05, 4.69) is 16.0 Å². The molecule has 9 heteroatoms. The Morgan fingerprint density at radius 2 is 1.66 bits per heavy atom. The molecule has 0 aliphatic carbocycles. The average Bonchev–Trinajstić information content (AvgIpc) is 3.12. The molecule has 1 aliphatic heterocycles. The average molecular weight is 557 g/mol. The second kappa shape index (κ2) is 14.1. The Labute approximate surface area is 240 Å². The molecule has 9 nitrogen and oxygen atoms in total. The van der Waals surface area contributed by atoms with E-state index < -0.39 is 18.0 Å². The third-order valence-electron chi connectivity index (χ3n) is 6.97. The van der Waals surface area contributed by atoms with Gasteiger partial charge in [0.05, 0.1) is 13.2 Å². The molecule has 0 spiro atoms. The van der Waals surface area contributed by atoms with Crippen molar-refractivity contribution in [3.8, 4) is 11.1 Å². The van der Waals surface area contributed by atoms with Crippen LogP contribution in [0.2, 0.25) is 0 Å². The molecule has 0 radical (unpaired) electrons. The van der Waals surface area contributed by atoms with Crippen molar-refractivity contribution in [1.29, 1.82) is 0 Å². The quantitative estimate of drug-likeness (QED) is 0.325. The number of esters is 1. The van der Waals surface area contributed by atoms with Gasteiger partial charge in [0.1, 0.15) is 12.6 Å². The Hall–Kier alpha value is -4.66. The number of carbonyl (C=O) groups is 4. The predicted molar refractivity (Wildman–Crippen MR) is 157 cm³/mol. The van der Waals surface area contributed by atoms with Crippen molar-refractivity contribution in [3.63, 3.8) is 0 Å². The largest absolute Gasteiger partial charge is 0.465 e. The van der Waals surface area contributed by atoms with Crippen LogP contribution in [0.3, 0.4) is 0 Å². The van der Waals surface area contributed by atoms with Crippen LogP contribution < -0.4 is 20.9 Å². The highest BCUT2D eigenvalue weighted by molar-refractivity contribution is 6.00. The maximum atomic E-state index is 13.6. The molecule has 41 heavy (non-hydrogen) atoms. The third kappa shape index (κ3) is 7.72. The van der Waals surface area contributed by atoms with E-state index in [0.717, 1.165) is 33.5 Å². The van der Waals surface area contributed by atoms with E-state index in [1.807, 2.05) is 72.8 Å². The molecule has 0 fully saturated rings. The Morgan fingerprint density at radius 1 is 0.927 bits per heavy atom. The van der Waals surface area contributed by atoms with Gasteiger partial charge in [0, 0.05) is 18.7 Å². The number of aryl methyl sites for hydroxylation is 1. The van der Waals surface area contributed by atoms with Crippen molar-refractivity contribution in [2.24, 2.45) is 0 Å². The number of hydrogen-bond acceptors (Lipinski definition) is 5. The van der Waals surface area contributed by atoms with E-state index in [0.29, 0.717) is 25.8 Å². The van der Waals surface area contributed by atoms with Crippen LogP contribution in [0, 0.1) is 0 Å². The highest BCUT2D eigenvalue weighted by Crippen LogP contribution is 2.30. The van der Waals surface area contributed by atoms with Gasteiger partial charge in [-0.05, 0) is 53.6 Å². The summed E-state index contributed by atoms with van der Waals surface area (Å²) < 4.78 is 4.82. The predicted octanol–water partition coefficient (Wildman–Crippen LogP) is 4.09. The molecule has 0 saturated heterocycles. The zero-order chi connectivity index (χ0) is 29.2. The van der Waals surface area contributed by atoms with Crippen molar-refractivity contribution in [2.45, 2.75) is 52.2 Å². The number of benzene rings is 3. The standard InChI is InChI=1S/C32H36N4O5/c1-3-29(37)35-27-18-17-24-9-6-8-12-28(24)36(31(27)39)21-22-13-15-23(16-14-22)26-11-7-5-10-25(26)19-33-32(40)34-20-30(38)41-4-2/h5-16,27H,3-4,17-21H2,1-2H3,(H,35,37)(H2,33,34,40)/t27-/m1/s1. The van der Waals surface area contributed by atoms with Gasteiger partial charge in [0.25, 0.3) is 0 Å². The van der Waals surface area contributed by atoms with Crippen molar-refractivity contribution < 1.29 is 23.9 Å². The number of fused-ring (bicyclic) bond motifs is 1. The zero-order valence-electron chi connectivity index (χ0n) is 23.4. The fourth-order valence-electron chi connectivity index (χ4n) is 4.84. The lowest BCUT2D eigenvalue weighted by Crippen LogP contribution is -2.47. The number of rotatable bonds is 10. The molecule has 1 atom stereocenters. The van der Waals surface area contributed by atoms with E-state index in [1.54, 1.807) is 18.7 Å². The Balaban J connectivity index is 1.47. The molecular formula is C32H36N4O5.